The Labute approximate surface area is 146 Å². The number of halogens is 2. The molecule has 0 radical (unpaired) electrons. The summed E-state index contributed by atoms with van der Waals surface area (Å²) in [4.78, 5) is 16.0. The lowest BCUT2D eigenvalue weighted by Crippen LogP contribution is -1.99. The molecule has 0 aliphatic heterocycles. The van der Waals surface area contributed by atoms with E-state index in [1.54, 1.807) is 24.3 Å². The van der Waals surface area contributed by atoms with Gasteiger partial charge in [0.15, 0.2) is 0 Å². The third-order valence-electron chi connectivity index (χ3n) is 3.35. The summed E-state index contributed by atoms with van der Waals surface area (Å²) in [5.74, 6) is -0.985. The highest BCUT2D eigenvalue weighted by Crippen LogP contribution is 2.26. The number of aromatic nitrogens is 1. The van der Waals surface area contributed by atoms with Gasteiger partial charge >= 0.3 is 5.97 Å². The third-order valence-corrected chi connectivity index (χ3v) is 4.13. The summed E-state index contributed by atoms with van der Waals surface area (Å²) in [5.41, 5.74) is 3.08. The van der Waals surface area contributed by atoms with Crippen LogP contribution in [0.3, 0.4) is 0 Å². The molecule has 3 aromatic rings. The van der Waals surface area contributed by atoms with Gasteiger partial charge in [-0.2, -0.15) is 0 Å². The van der Waals surface area contributed by atoms with Gasteiger partial charge in [0.05, 0.1) is 17.0 Å². The fraction of sp³-hybridized carbons (Fsp3) is 0. The molecule has 0 fully saturated rings. The van der Waals surface area contributed by atoms with E-state index in [-0.39, 0.29) is 5.56 Å². The van der Waals surface area contributed by atoms with E-state index in [1.807, 2.05) is 36.4 Å². The highest BCUT2D eigenvalue weighted by Gasteiger charge is 2.11. The fourth-order valence-corrected chi connectivity index (χ4v) is 2.58. The first kappa shape index (κ1) is 15.7. The summed E-state index contributed by atoms with van der Waals surface area (Å²) in [7, 11) is 0. The molecule has 114 valence electrons. The van der Waals surface area contributed by atoms with E-state index in [0.717, 1.165) is 15.6 Å². The zero-order valence-electron chi connectivity index (χ0n) is 11.8. The largest absolute Gasteiger partial charge is 0.478 e. The van der Waals surface area contributed by atoms with E-state index < -0.39 is 5.97 Å². The molecule has 1 heterocycles. The molecule has 23 heavy (non-hydrogen) atoms. The van der Waals surface area contributed by atoms with Crippen LogP contribution in [0.5, 0.6) is 0 Å². The summed E-state index contributed by atoms with van der Waals surface area (Å²) in [6, 6.07) is 17.9. The van der Waals surface area contributed by atoms with Gasteiger partial charge in [-0.15, -0.1) is 0 Å². The highest BCUT2D eigenvalue weighted by atomic mass is 79.9. The number of rotatable bonds is 3. The van der Waals surface area contributed by atoms with Crippen molar-refractivity contribution in [2.75, 3.05) is 0 Å². The SMILES string of the molecule is O=C(O)c1cc(-c2ccc(Cl)cc2)nc(-c2ccc(Br)cc2)c1. The Morgan fingerprint density at radius 1 is 0.913 bits per heavy atom. The maximum Gasteiger partial charge on any atom is 0.335 e. The van der Waals surface area contributed by atoms with Gasteiger partial charge in [-0.25, -0.2) is 9.78 Å². The first-order valence-corrected chi connectivity index (χ1v) is 7.97. The van der Waals surface area contributed by atoms with E-state index in [1.165, 1.54) is 0 Å². The zero-order chi connectivity index (χ0) is 16.4. The molecule has 0 spiro atoms. The van der Waals surface area contributed by atoms with Gasteiger partial charge in [-0.1, -0.05) is 51.8 Å². The molecular formula is C18H11BrClNO2. The second kappa shape index (κ2) is 6.52. The molecule has 0 bridgehead atoms. The lowest BCUT2D eigenvalue weighted by molar-refractivity contribution is 0.0697. The average Bonchev–Trinajstić information content (AvgIpc) is 2.55. The van der Waals surface area contributed by atoms with Crippen LogP contribution in [0.25, 0.3) is 22.5 Å². The minimum absolute atomic E-state index is 0.197. The van der Waals surface area contributed by atoms with E-state index in [4.69, 9.17) is 11.6 Å². The quantitative estimate of drug-likeness (QED) is 0.642. The highest BCUT2D eigenvalue weighted by molar-refractivity contribution is 9.10. The Hall–Kier alpha value is -2.17. The number of carboxylic acid groups (broad SMARTS) is 1. The van der Waals surface area contributed by atoms with Crippen LogP contribution in [0.1, 0.15) is 10.4 Å². The van der Waals surface area contributed by atoms with Crippen molar-refractivity contribution in [3.63, 3.8) is 0 Å². The van der Waals surface area contributed by atoms with Crippen LogP contribution in [0.15, 0.2) is 65.1 Å². The van der Waals surface area contributed by atoms with Crippen molar-refractivity contribution in [3.8, 4) is 22.5 Å². The Bertz CT molecular complexity index is 797. The van der Waals surface area contributed by atoms with Crippen molar-refractivity contribution < 1.29 is 9.90 Å². The Morgan fingerprint density at radius 3 is 1.87 bits per heavy atom. The summed E-state index contributed by atoms with van der Waals surface area (Å²) in [6.45, 7) is 0. The molecule has 0 saturated carbocycles. The molecule has 0 amide bonds. The summed E-state index contributed by atoms with van der Waals surface area (Å²) in [6.07, 6.45) is 0. The Morgan fingerprint density at radius 2 is 1.39 bits per heavy atom. The molecule has 0 unspecified atom stereocenters. The molecule has 1 N–H and O–H groups in total. The molecule has 0 atom stereocenters. The van der Waals surface area contributed by atoms with Crippen LogP contribution in [0, 0.1) is 0 Å². The van der Waals surface area contributed by atoms with E-state index in [2.05, 4.69) is 20.9 Å². The predicted molar refractivity (Wildman–Crippen MR) is 94.8 cm³/mol. The maximum atomic E-state index is 11.4. The number of aromatic carboxylic acids is 1. The van der Waals surface area contributed by atoms with Gasteiger partial charge in [-0.3, -0.25) is 0 Å². The number of benzene rings is 2. The first-order chi connectivity index (χ1) is 11.0. The van der Waals surface area contributed by atoms with Crippen LogP contribution in [-0.2, 0) is 0 Å². The van der Waals surface area contributed by atoms with Crippen molar-refractivity contribution in [1.29, 1.82) is 0 Å². The van der Waals surface area contributed by atoms with E-state index in [9.17, 15) is 9.90 Å². The van der Waals surface area contributed by atoms with Crippen LogP contribution in [0.4, 0.5) is 0 Å². The van der Waals surface area contributed by atoms with Crippen LogP contribution >= 0.6 is 27.5 Å². The average molecular weight is 389 g/mol. The number of hydrogen-bond acceptors (Lipinski definition) is 2. The molecule has 0 aliphatic rings. The van der Waals surface area contributed by atoms with Crippen LogP contribution < -0.4 is 0 Å². The molecule has 1 aromatic heterocycles. The molecule has 0 aliphatic carbocycles. The number of carbonyl (C=O) groups is 1. The number of pyridine rings is 1. The molecule has 2 aromatic carbocycles. The minimum Gasteiger partial charge on any atom is -0.478 e. The minimum atomic E-state index is -0.985. The number of nitrogens with zero attached hydrogens (tertiary/aromatic N) is 1. The Kier molecular flexibility index (Phi) is 4.46. The van der Waals surface area contributed by atoms with E-state index in [0.29, 0.717) is 16.4 Å². The van der Waals surface area contributed by atoms with Crippen molar-refractivity contribution in [2.24, 2.45) is 0 Å². The second-order valence-corrected chi connectivity index (χ2v) is 6.30. The van der Waals surface area contributed by atoms with Crippen molar-refractivity contribution >= 4 is 33.5 Å². The summed E-state index contributed by atoms with van der Waals surface area (Å²) >= 11 is 9.29. The number of carboxylic acids is 1. The summed E-state index contributed by atoms with van der Waals surface area (Å²) in [5, 5.41) is 9.98. The zero-order valence-corrected chi connectivity index (χ0v) is 14.2. The maximum absolute atomic E-state index is 11.4. The topological polar surface area (TPSA) is 50.2 Å². The molecule has 3 rings (SSSR count). The van der Waals surface area contributed by atoms with Crippen molar-refractivity contribution in [3.05, 3.63) is 75.7 Å². The first-order valence-electron chi connectivity index (χ1n) is 6.80. The van der Waals surface area contributed by atoms with Gasteiger partial charge in [0.2, 0.25) is 0 Å². The standard InChI is InChI=1S/C18H11BrClNO2/c19-14-5-1-11(2-6-14)16-9-13(18(22)23)10-17(21-16)12-3-7-15(20)8-4-12/h1-10H,(H,22,23). The van der Waals surface area contributed by atoms with Crippen LogP contribution in [-0.4, -0.2) is 16.1 Å². The lowest BCUT2D eigenvalue weighted by atomic mass is 10.0. The monoisotopic (exact) mass is 387 g/mol. The fourth-order valence-electron chi connectivity index (χ4n) is 2.19. The molecule has 0 saturated heterocycles. The predicted octanol–water partition coefficient (Wildman–Crippen LogP) is 5.53. The second-order valence-electron chi connectivity index (χ2n) is 4.95. The molecule has 5 heteroatoms. The van der Waals surface area contributed by atoms with Crippen molar-refractivity contribution in [2.45, 2.75) is 0 Å². The Balaban J connectivity index is 2.15. The van der Waals surface area contributed by atoms with Gasteiger partial charge in [-0.05, 0) is 36.4 Å². The number of hydrogen-bond donors (Lipinski definition) is 1. The van der Waals surface area contributed by atoms with Gasteiger partial charge < -0.3 is 5.11 Å². The molecule has 3 nitrogen and oxygen atoms in total. The van der Waals surface area contributed by atoms with Gasteiger partial charge in [0.1, 0.15) is 0 Å². The van der Waals surface area contributed by atoms with Crippen LogP contribution in [0.2, 0.25) is 5.02 Å². The third kappa shape index (κ3) is 3.60. The smallest absolute Gasteiger partial charge is 0.335 e. The van der Waals surface area contributed by atoms with Gasteiger partial charge in [0, 0.05) is 20.6 Å². The van der Waals surface area contributed by atoms with Gasteiger partial charge in [0.25, 0.3) is 0 Å². The normalized spacial score (nSPS) is 10.5. The van der Waals surface area contributed by atoms with Crippen molar-refractivity contribution in [1.82, 2.24) is 4.98 Å². The lowest BCUT2D eigenvalue weighted by Gasteiger charge is -2.08. The summed E-state index contributed by atoms with van der Waals surface area (Å²) < 4.78 is 0.952. The van der Waals surface area contributed by atoms with E-state index >= 15 is 0 Å². The molecular weight excluding hydrogens is 378 g/mol.